The van der Waals surface area contributed by atoms with Gasteiger partial charge in [-0.25, -0.2) is 9.37 Å². The summed E-state index contributed by atoms with van der Waals surface area (Å²) in [6, 6.07) is 28.6. The van der Waals surface area contributed by atoms with E-state index >= 15 is 0 Å². The highest BCUT2D eigenvalue weighted by molar-refractivity contribution is 5.78. The Morgan fingerprint density at radius 2 is 1.71 bits per heavy atom. The van der Waals surface area contributed by atoms with E-state index in [0.29, 0.717) is 31.1 Å². The number of nitrogens with zero attached hydrogens (tertiary/aromatic N) is 4. The lowest BCUT2D eigenvalue weighted by molar-refractivity contribution is -0.131. The SMILES string of the molecule is Cc1ccccc1N1CCN(C(=O)C[C@@H](c2cccc(F)c2)c2cnc3c(OCc4ccccc4)cccn23)CC1. The molecule has 1 fully saturated rings. The van der Waals surface area contributed by atoms with E-state index in [4.69, 9.17) is 4.74 Å². The number of carbonyl (C=O) groups is 1. The van der Waals surface area contributed by atoms with Gasteiger partial charge < -0.3 is 18.9 Å². The number of aromatic nitrogens is 2. The van der Waals surface area contributed by atoms with Gasteiger partial charge in [0.25, 0.3) is 0 Å². The Morgan fingerprint density at radius 1 is 0.927 bits per heavy atom. The van der Waals surface area contributed by atoms with Crippen molar-refractivity contribution in [2.45, 2.75) is 25.9 Å². The maximum absolute atomic E-state index is 14.4. The predicted octanol–water partition coefficient (Wildman–Crippen LogP) is 6.23. The zero-order valence-corrected chi connectivity index (χ0v) is 23.1. The normalized spacial score (nSPS) is 14.3. The molecule has 41 heavy (non-hydrogen) atoms. The molecule has 0 N–H and O–H groups in total. The van der Waals surface area contributed by atoms with Crippen molar-refractivity contribution >= 4 is 17.2 Å². The van der Waals surface area contributed by atoms with E-state index in [-0.39, 0.29) is 24.1 Å². The fraction of sp³-hybridized carbons (Fsp3) is 0.235. The van der Waals surface area contributed by atoms with Crippen LogP contribution in [0, 0.1) is 12.7 Å². The molecule has 5 aromatic rings. The highest BCUT2D eigenvalue weighted by Gasteiger charge is 2.28. The van der Waals surface area contributed by atoms with Crippen LogP contribution in [-0.4, -0.2) is 46.4 Å². The number of halogens is 1. The first-order valence-corrected chi connectivity index (χ1v) is 14.0. The Morgan fingerprint density at radius 3 is 2.49 bits per heavy atom. The molecule has 0 unspecified atom stereocenters. The highest BCUT2D eigenvalue weighted by atomic mass is 19.1. The fourth-order valence-electron chi connectivity index (χ4n) is 5.65. The maximum Gasteiger partial charge on any atom is 0.223 e. The minimum absolute atomic E-state index is 0.0510. The highest BCUT2D eigenvalue weighted by Crippen LogP contribution is 2.32. The molecule has 1 atom stereocenters. The van der Waals surface area contributed by atoms with Crippen molar-refractivity contribution in [2.75, 3.05) is 31.1 Å². The van der Waals surface area contributed by atoms with E-state index in [1.165, 1.54) is 23.4 Å². The van der Waals surface area contributed by atoms with Gasteiger partial charge in [-0.1, -0.05) is 60.7 Å². The Balaban J connectivity index is 1.24. The summed E-state index contributed by atoms with van der Waals surface area (Å²) in [6.07, 6.45) is 3.92. The van der Waals surface area contributed by atoms with Crippen molar-refractivity contribution in [3.05, 3.63) is 132 Å². The number of para-hydroxylation sites is 1. The van der Waals surface area contributed by atoms with Crippen molar-refractivity contribution in [3.8, 4) is 5.75 Å². The van der Waals surface area contributed by atoms with Crippen molar-refractivity contribution in [1.82, 2.24) is 14.3 Å². The van der Waals surface area contributed by atoms with Gasteiger partial charge >= 0.3 is 0 Å². The number of hydrogen-bond acceptors (Lipinski definition) is 4. The van der Waals surface area contributed by atoms with Gasteiger partial charge in [0.2, 0.25) is 5.91 Å². The molecule has 1 aliphatic heterocycles. The molecule has 7 heteroatoms. The lowest BCUT2D eigenvalue weighted by Crippen LogP contribution is -2.49. The second kappa shape index (κ2) is 11.8. The number of ether oxygens (including phenoxy) is 1. The summed E-state index contributed by atoms with van der Waals surface area (Å²) in [7, 11) is 0. The van der Waals surface area contributed by atoms with Gasteiger partial charge in [-0.3, -0.25) is 4.79 Å². The topological polar surface area (TPSA) is 50.1 Å². The largest absolute Gasteiger partial charge is 0.485 e. The van der Waals surface area contributed by atoms with Crippen LogP contribution in [0.3, 0.4) is 0 Å². The molecule has 1 amide bonds. The van der Waals surface area contributed by atoms with Gasteiger partial charge in [0.15, 0.2) is 11.4 Å². The maximum atomic E-state index is 14.4. The third-order valence-corrected chi connectivity index (χ3v) is 7.84. The molecule has 0 aliphatic carbocycles. The number of fused-ring (bicyclic) bond motifs is 1. The van der Waals surface area contributed by atoms with Crippen molar-refractivity contribution in [3.63, 3.8) is 0 Å². The molecule has 208 valence electrons. The van der Waals surface area contributed by atoms with Crippen LogP contribution in [0.5, 0.6) is 5.75 Å². The van der Waals surface area contributed by atoms with Gasteiger partial charge in [-0.05, 0) is 53.9 Å². The van der Waals surface area contributed by atoms with E-state index in [2.05, 4.69) is 35.0 Å². The molecule has 3 aromatic carbocycles. The van der Waals surface area contributed by atoms with E-state index < -0.39 is 0 Å². The van der Waals surface area contributed by atoms with Crippen LogP contribution in [0.15, 0.2) is 103 Å². The molecule has 1 saturated heterocycles. The number of carbonyl (C=O) groups excluding carboxylic acids is 1. The van der Waals surface area contributed by atoms with Gasteiger partial charge in [0.05, 0.1) is 5.69 Å². The Kier molecular flexibility index (Phi) is 7.67. The third-order valence-electron chi connectivity index (χ3n) is 7.84. The first-order chi connectivity index (χ1) is 20.1. The van der Waals surface area contributed by atoms with Crippen molar-refractivity contribution < 1.29 is 13.9 Å². The number of anilines is 1. The molecule has 2 aromatic heterocycles. The molecular formula is C34H33FN4O2. The molecular weight excluding hydrogens is 515 g/mol. The molecule has 0 spiro atoms. The summed E-state index contributed by atoms with van der Waals surface area (Å²) in [5, 5.41) is 0. The van der Waals surface area contributed by atoms with Crippen LogP contribution in [0.25, 0.3) is 5.65 Å². The molecule has 0 radical (unpaired) electrons. The number of imidazole rings is 1. The van der Waals surface area contributed by atoms with E-state index in [9.17, 15) is 9.18 Å². The van der Waals surface area contributed by atoms with Crippen LogP contribution < -0.4 is 9.64 Å². The van der Waals surface area contributed by atoms with E-state index in [1.807, 2.05) is 70.1 Å². The number of benzene rings is 3. The molecule has 0 bridgehead atoms. The summed E-state index contributed by atoms with van der Waals surface area (Å²) < 4.78 is 22.5. The summed E-state index contributed by atoms with van der Waals surface area (Å²) in [4.78, 5) is 22.6. The number of amides is 1. The Hall–Kier alpha value is -4.65. The smallest absolute Gasteiger partial charge is 0.223 e. The summed E-state index contributed by atoms with van der Waals surface area (Å²) in [5.41, 5.74) is 5.74. The monoisotopic (exact) mass is 548 g/mol. The van der Waals surface area contributed by atoms with Gasteiger partial charge in [-0.15, -0.1) is 0 Å². The standard InChI is InChI=1S/C34H33FN4O2/c1-25-9-5-6-14-30(25)37-17-19-38(20-18-37)33(40)22-29(27-12-7-13-28(35)21-27)31-23-36-34-32(15-8-16-39(31)34)41-24-26-10-3-2-4-11-26/h2-16,21,23,29H,17-20,22,24H2,1H3/t29-/m0/s1. The molecule has 1 aliphatic rings. The third kappa shape index (κ3) is 5.80. The quantitative estimate of drug-likeness (QED) is 0.231. The minimum atomic E-state index is -0.369. The minimum Gasteiger partial charge on any atom is -0.485 e. The molecule has 6 rings (SSSR count). The number of hydrogen-bond donors (Lipinski definition) is 0. The first kappa shape index (κ1) is 26.6. The van der Waals surface area contributed by atoms with Crippen molar-refractivity contribution in [2.24, 2.45) is 0 Å². The average molecular weight is 549 g/mol. The number of aryl methyl sites for hydroxylation is 1. The fourth-order valence-corrected chi connectivity index (χ4v) is 5.65. The second-order valence-electron chi connectivity index (χ2n) is 10.5. The number of pyridine rings is 1. The van der Waals surface area contributed by atoms with E-state index in [1.54, 1.807) is 12.3 Å². The van der Waals surface area contributed by atoms with Gasteiger partial charge in [0, 0.05) is 56.6 Å². The summed E-state index contributed by atoms with van der Waals surface area (Å²) >= 11 is 0. The zero-order chi connectivity index (χ0) is 28.2. The number of rotatable bonds is 8. The second-order valence-corrected chi connectivity index (χ2v) is 10.5. The Bertz CT molecular complexity index is 1640. The predicted molar refractivity (Wildman–Crippen MR) is 159 cm³/mol. The van der Waals surface area contributed by atoms with Crippen LogP contribution in [0.4, 0.5) is 10.1 Å². The van der Waals surface area contributed by atoms with Crippen LogP contribution in [0.1, 0.15) is 34.7 Å². The van der Waals surface area contributed by atoms with Crippen molar-refractivity contribution in [1.29, 1.82) is 0 Å². The molecule has 6 nitrogen and oxygen atoms in total. The first-order valence-electron chi connectivity index (χ1n) is 14.0. The lowest BCUT2D eigenvalue weighted by atomic mass is 9.92. The molecule has 3 heterocycles. The van der Waals surface area contributed by atoms with Crippen LogP contribution in [0.2, 0.25) is 0 Å². The number of piperazine rings is 1. The lowest BCUT2D eigenvalue weighted by Gasteiger charge is -2.37. The molecule has 0 saturated carbocycles. The Labute approximate surface area is 239 Å². The van der Waals surface area contributed by atoms with Crippen LogP contribution in [-0.2, 0) is 11.4 Å². The average Bonchev–Trinajstić information content (AvgIpc) is 3.44. The van der Waals surface area contributed by atoms with Gasteiger partial charge in [-0.2, -0.15) is 0 Å². The van der Waals surface area contributed by atoms with Crippen LogP contribution >= 0.6 is 0 Å². The summed E-state index contributed by atoms with van der Waals surface area (Å²) in [5.74, 6) is 0.00819. The zero-order valence-electron chi connectivity index (χ0n) is 23.1. The summed E-state index contributed by atoms with van der Waals surface area (Å²) in [6.45, 7) is 5.38. The van der Waals surface area contributed by atoms with Gasteiger partial charge in [0.1, 0.15) is 12.4 Å². The van der Waals surface area contributed by atoms with E-state index in [0.717, 1.165) is 29.9 Å².